The Hall–Kier alpha value is -2.51. The van der Waals surface area contributed by atoms with Crippen LogP contribution in [-0.2, 0) is 6.18 Å². The highest BCUT2D eigenvalue weighted by Crippen LogP contribution is 2.29. The van der Waals surface area contributed by atoms with E-state index in [1.54, 1.807) is 11.8 Å². The highest BCUT2D eigenvalue weighted by molar-refractivity contribution is 5.97. The molecule has 0 aromatic carbocycles. The molecule has 1 saturated heterocycles. The van der Waals surface area contributed by atoms with Crippen molar-refractivity contribution in [1.29, 1.82) is 0 Å². The lowest BCUT2D eigenvalue weighted by atomic mass is 10.1. The number of furan rings is 1. The lowest BCUT2D eigenvalue weighted by Crippen LogP contribution is -2.35. The van der Waals surface area contributed by atoms with E-state index in [2.05, 4.69) is 4.98 Å². The molecule has 0 radical (unpaired) electrons. The monoisotopic (exact) mass is 381 g/mol. The summed E-state index contributed by atoms with van der Waals surface area (Å²) in [7, 11) is 0. The fourth-order valence-corrected chi connectivity index (χ4v) is 3.36. The van der Waals surface area contributed by atoms with Crippen LogP contribution in [0.3, 0.4) is 0 Å². The summed E-state index contributed by atoms with van der Waals surface area (Å²) in [6.07, 6.45) is -2.83. The van der Waals surface area contributed by atoms with E-state index < -0.39 is 11.7 Å². The van der Waals surface area contributed by atoms with Gasteiger partial charge in [0.25, 0.3) is 5.91 Å². The van der Waals surface area contributed by atoms with Gasteiger partial charge in [-0.05, 0) is 39.3 Å². The maximum Gasteiger partial charge on any atom is 0.417 e. The normalized spacial score (nSPS) is 15.8. The average molecular weight is 381 g/mol. The third kappa shape index (κ3) is 3.94. The summed E-state index contributed by atoms with van der Waals surface area (Å²) in [6, 6.07) is 2.42. The van der Waals surface area contributed by atoms with Crippen molar-refractivity contribution < 1.29 is 22.4 Å². The van der Waals surface area contributed by atoms with E-state index in [9.17, 15) is 18.0 Å². The van der Waals surface area contributed by atoms with Gasteiger partial charge in [-0.25, -0.2) is 4.98 Å². The van der Waals surface area contributed by atoms with Crippen molar-refractivity contribution in [3.8, 4) is 0 Å². The number of anilines is 1. The molecule has 0 bridgehead atoms. The Balaban J connectivity index is 1.71. The number of rotatable bonds is 2. The molecule has 1 aliphatic rings. The number of hydrogen-bond acceptors (Lipinski definition) is 4. The average Bonchev–Trinajstić information content (AvgIpc) is 2.80. The van der Waals surface area contributed by atoms with Crippen molar-refractivity contribution in [3.63, 3.8) is 0 Å². The topological polar surface area (TPSA) is 49.6 Å². The van der Waals surface area contributed by atoms with Gasteiger partial charge in [0, 0.05) is 37.9 Å². The molecule has 146 valence electrons. The second-order valence-corrected chi connectivity index (χ2v) is 6.75. The van der Waals surface area contributed by atoms with Crippen LogP contribution in [0.5, 0.6) is 0 Å². The van der Waals surface area contributed by atoms with Crippen LogP contribution in [0.15, 0.2) is 22.7 Å². The van der Waals surface area contributed by atoms with E-state index in [1.165, 1.54) is 6.07 Å². The van der Waals surface area contributed by atoms with Crippen molar-refractivity contribution in [2.24, 2.45) is 0 Å². The summed E-state index contributed by atoms with van der Waals surface area (Å²) in [5.74, 6) is 1.77. The smallest absolute Gasteiger partial charge is 0.417 e. The summed E-state index contributed by atoms with van der Waals surface area (Å²) in [5.41, 5.74) is 0.691. The molecule has 3 heterocycles. The quantitative estimate of drug-likeness (QED) is 0.790. The second-order valence-electron chi connectivity index (χ2n) is 6.75. The Labute approximate surface area is 155 Å². The van der Waals surface area contributed by atoms with E-state index in [-0.39, 0.29) is 5.91 Å². The minimum absolute atomic E-state index is 0.0657. The number of hydrogen-bond donors (Lipinski definition) is 0. The van der Waals surface area contributed by atoms with Crippen LogP contribution in [0.1, 0.15) is 39.4 Å². The van der Waals surface area contributed by atoms with E-state index in [0.717, 1.165) is 23.6 Å². The third-order valence-electron chi connectivity index (χ3n) is 4.96. The molecule has 0 aliphatic carbocycles. The Kier molecular flexibility index (Phi) is 5.17. The van der Waals surface area contributed by atoms with Crippen LogP contribution in [0.2, 0.25) is 0 Å². The predicted octanol–water partition coefficient (Wildman–Crippen LogP) is 3.97. The van der Waals surface area contributed by atoms with Gasteiger partial charge in [-0.1, -0.05) is 0 Å². The van der Waals surface area contributed by atoms with Gasteiger partial charge in [0.1, 0.15) is 17.3 Å². The minimum atomic E-state index is -4.40. The molecule has 3 rings (SSSR count). The van der Waals surface area contributed by atoms with Crippen LogP contribution in [0.25, 0.3) is 0 Å². The van der Waals surface area contributed by atoms with E-state index >= 15 is 0 Å². The number of pyridine rings is 1. The largest absolute Gasteiger partial charge is 0.466 e. The minimum Gasteiger partial charge on any atom is -0.466 e. The summed E-state index contributed by atoms with van der Waals surface area (Å²) in [6.45, 7) is 7.69. The molecule has 2 aromatic heterocycles. The van der Waals surface area contributed by atoms with Gasteiger partial charge in [-0.2, -0.15) is 13.2 Å². The van der Waals surface area contributed by atoms with Crippen LogP contribution in [0.4, 0.5) is 19.0 Å². The van der Waals surface area contributed by atoms with Gasteiger partial charge in [0.15, 0.2) is 0 Å². The summed E-state index contributed by atoms with van der Waals surface area (Å²) in [4.78, 5) is 20.6. The second kappa shape index (κ2) is 7.25. The molecule has 0 N–H and O–H groups in total. The number of halogens is 3. The molecule has 2 aromatic rings. The van der Waals surface area contributed by atoms with Gasteiger partial charge in [-0.3, -0.25) is 4.79 Å². The molecule has 1 amide bonds. The molecule has 27 heavy (non-hydrogen) atoms. The third-order valence-corrected chi connectivity index (χ3v) is 4.96. The zero-order valence-electron chi connectivity index (χ0n) is 15.6. The number of amides is 1. The summed E-state index contributed by atoms with van der Waals surface area (Å²) >= 11 is 0. The van der Waals surface area contributed by atoms with Gasteiger partial charge >= 0.3 is 6.18 Å². The van der Waals surface area contributed by atoms with Gasteiger partial charge in [-0.15, -0.1) is 0 Å². The highest BCUT2D eigenvalue weighted by Gasteiger charge is 2.31. The molecule has 8 heteroatoms. The molecule has 0 saturated carbocycles. The van der Waals surface area contributed by atoms with Gasteiger partial charge in [0.05, 0.1) is 11.1 Å². The number of aromatic nitrogens is 1. The molecule has 5 nitrogen and oxygen atoms in total. The first-order valence-electron chi connectivity index (χ1n) is 8.82. The first kappa shape index (κ1) is 19.3. The zero-order valence-corrected chi connectivity index (χ0v) is 15.6. The van der Waals surface area contributed by atoms with E-state index in [1.807, 2.05) is 18.7 Å². The summed E-state index contributed by atoms with van der Waals surface area (Å²) < 4.78 is 43.6. The lowest BCUT2D eigenvalue weighted by molar-refractivity contribution is -0.137. The Morgan fingerprint density at radius 3 is 2.37 bits per heavy atom. The Bertz CT molecular complexity index is 828. The lowest BCUT2D eigenvalue weighted by Gasteiger charge is -2.23. The van der Waals surface area contributed by atoms with Crippen LogP contribution >= 0.6 is 0 Å². The highest BCUT2D eigenvalue weighted by atomic mass is 19.4. The number of carbonyl (C=O) groups excluding carboxylic acids is 1. The fraction of sp³-hybridized carbons (Fsp3) is 0.474. The Morgan fingerprint density at radius 2 is 1.81 bits per heavy atom. The molecule has 0 atom stereocenters. The number of alkyl halides is 3. The molecule has 0 unspecified atom stereocenters. The Morgan fingerprint density at radius 1 is 1.07 bits per heavy atom. The molecular weight excluding hydrogens is 359 g/mol. The summed E-state index contributed by atoms with van der Waals surface area (Å²) in [5, 5.41) is 0. The van der Waals surface area contributed by atoms with Crippen molar-refractivity contribution >= 4 is 11.7 Å². The number of carbonyl (C=O) groups is 1. The van der Waals surface area contributed by atoms with Crippen LogP contribution < -0.4 is 4.90 Å². The van der Waals surface area contributed by atoms with Crippen molar-refractivity contribution in [3.05, 3.63) is 46.5 Å². The van der Waals surface area contributed by atoms with Crippen LogP contribution in [0, 0.1) is 20.8 Å². The fourth-order valence-electron chi connectivity index (χ4n) is 3.36. The van der Waals surface area contributed by atoms with Crippen molar-refractivity contribution in [2.45, 2.75) is 33.4 Å². The SMILES string of the molecule is Cc1oc(C)c(C(=O)N2CCCN(c3ccc(C(F)(F)F)cn3)CC2)c1C. The maximum absolute atomic E-state index is 12.9. The maximum atomic E-state index is 12.9. The molecule has 1 fully saturated rings. The first-order chi connectivity index (χ1) is 12.7. The van der Waals surface area contributed by atoms with Crippen molar-refractivity contribution in [2.75, 3.05) is 31.1 Å². The van der Waals surface area contributed by atoms with Gasteiger partial charge < -0.3 is 14.2 Å². The number of nitrogens with zero attached hydrogens (tertiary/aromatic N) is 3. The van der Waals surface area contributed by atoms with E-state index in [0.29, 0.717) is 49.7 Å². The number of aryl methyl sites for hydroxylation is 2. The van der Waals surface area contributed by atoms with Crippen LogP contribution in [-0.4, -0.2) is 42.0 Å². The molecular formula is C19H22F3N3O2. The van der Waals surface area contributed by atoms with E-state index in [4.69, 9.17) is 4.42 Å². The molecule has 0 spiro atoms. The molecule has 1 aliphatic heterocycles. The zero-order chi connectivity index (χ0) is 19.8. The van der Waals surface area contributed by atoms with Gasteiger partial charge in [0.2, 0.25) is 0 Å². The standard InChI is InChI=1S/C19H22F3N3O2/c1-12-13(2)27-14(3)17(12)18(26)25-8-4-7-24(9-10-25)16-6-5-15(11-23-16)19(20,21)22/h5-6,11H,4,7-10H2,1-3H3. The predicted molar refractivity (Wildman–Crippen MR) is 94.9 cm³/mol. The first-order valence-corrected chi connectivity index (χ1v) is 8.82. The van der Waals surface area contributed by atoms with Crippen molar-refractivity contribution in [1.82, 2.24) is 9.88 Å².